The molecule has 0 saturated carbocycles. The summed E-state index contributed by atoms with van der Waals surface area (Å²) in [6.07, 6.45) is 8.78. The molecular formula is C32H23NO2. The first-order chi connectivity index (χ1) is 17.2. The van der Waals surface area contributed by atoms with Crippen molar-refractivity contribution in [2.45, 2.75) is 12.5 Å². The van der Waals surface area contributed by atoms with Gasteiger partial charge in [0.05, 0.1) is 11.6 Å². The van der Waals surface area contributed by atoms with E-state index in [1.54, 1.807) is 6.08 Å². The van der Waals surface area contributed by atoms with Crippen LogP contribution >= 0.6 is 0 Å². The van der Waals surface area contributed by atoms with E-state index in [1.165, 1.54) is 0 Å². The Morgan fingerprint density at radius 3 is 1.69 bits per heavy atom. The maximum Gasteiger partial charge on any atom is 0.197 e. The highest BCUT2D eigenvalue weighted by Gasteiger charge is 2.33. The summed E-state index contributed by atoms with van der Waals surface area (Å²) in [6, 6.07) is 32.3. The highest BCUT2D eigenvalue weighted by molar-refractivity contribution is 6.40. The molecule has 0 heterocycles. The van der Waals surface area contributed by atoms with Crippen molar-refractivity contribution in [3.8, 4) is 0 Å². The zero-order valence-electron chi connectivity index (χ0n) is 19.1. The van der Waals surface area contributed by atoms with E-state index in [1.807, 2.05) is 78.9 Å². The monoisotopic (exact) mass is 453 g/mol. The smallest absolute Gasteiger partial charge is 0.197 e. The van der Waals surface area contributed by atoms with Gasteiger partial charge in [-0.05, 0) is 65.2 Å². The van der Waals surface area contributed by atoms with Crippen molar-refractivity contribution in [2.75, 3.05) is 4.90 Å². The van der Waals surface area contributed by atoms with Gasteiger partial charge in [-0.1, -0.05) is 78.9 Å². The second-order valence-corrected chi connectivity index (χ2v) is 8.87. The van der Waals surface area contributed by atoms with Crippen LogP contribution in [0.2, 0.25) is 0 Å². The summed E-state index contributed by atoms with van der Waals surface area (Å²) < 4.78 is 0. The van der Waals surface area contributed by atoms with Crippen LogP contribution in [-0.2, 0) is 0 Å². The lowest BCUT2D eigenvalue weighted by molar-refractivity contribution is 0.0988. The van der Waals surface area contributed by atoms with E-state index in [4.69, 9.17) is 0 Å². The molecule has 4 aromatic rings. The third kappa shape index (κ3) is 3.81. The molecule has 2 aliphatic carbocycles. The van der Waals surface area contributed by atoms with Gasteiger partial charge in [0.25, 0.3) is 0 Å². The van der Waals surface area contributed by atoms with Crippen LogP contribution in [0.3, 0.4) is 0 Å². The topological polar surface area (TPSA) is 37.4 Å². The first-order valence-corrected chi connectivity index (χ1v) is 11.8. The first-order valence-electron chi connectivity index (χ1n) is 11.8. The number of Topliss-reactive ketones (excluding diaryl/α,β-unsaturated/α-hetero) is 2. The summed E-state index contributed by atoms with van der Waals surface area (Å²) in [5, 5.41) is 1.94. The van der Waals surface area contributed by atoms with E-state index in [2.05, 4.69) is 41.3 Å². The summed E-state index contributed by atoms with van der Waals surface area (Å²) in [5.74, 6) is -0.384. The standard InChI is InChI=1S/C32H23NO2/c34-31-28-20-23-9-7-8-10-24(23)21-29(28)32(35)30(31)19-22-15-17-27(18-16-22)33(25-11-3-1-4-12-25)26-13-5-2-6-14-26/h1-17,19-21,27H,18H2. The zero-order chi connectivity index (χ0) is 23.8. The Kier molecular flexibility index (Phi) is 5.23. The normalized spacial score (nSPS) is 16.9. The fourth-order valence-electron chi connectivity index (χ4n) is 4.94. The van der Waals surface area contributed by atoms with Crippen molar-refractivity contribution in [3.63, 3.8) is 0 Å². The quantitative estimate of drug-likeness (QED) is 0.241. The molecule has 0 saturated heterocycles. The number of ketones is 2. The number of para-hydroxylation sites is 2. The van der Waals surface area contributed by atoms with Gasteiger partial charge in [-0.3, -0.25) is 9.59 Å². The molecule has 0 aliphatic heterocycles. The van der Waals surface area contributed by atoms with Gasteiger partial charge in [0.1, 0.15) is 0 Å². The van der Waals surface area contributed by atoms with E-state index < -0.39 is 0 Å². The van der Waals surface area contributed by atoms with Crippen molar-refractivity contribution in [2.24, 2.45) is 0 Å². The first kappa shape index (κ1) is 21.1. The number of anilines is 2. The van der Waals surface area contributed by atoms with Crippen molar-refractivity contribution in [3.05, 3.63) is 144 Å². The molecule has 0 spiro atoms. The summed E-state index contributed by atoms with van der Waals surface area (Å²) >= 11 is 0. The summed E-state index contributed by atoms with van der Waals surface area (Å²) in [6.45, 7) is 0. The second-order valence-electron chi connectivity index (χ2n) is 8.87. The molecule has 3 nitrogen and oxygen atoms in total. The molecule has 0 N–H and O–H groups in total. The van der Waals surface area contributed by atoms with Gasteiger partial charge in [0.2, 0.25) is 0 Å². The number of hydrogen-bond donors (Lipinski definition) is 0. The molecule has 6 rings (SSSR count). The third-order valence-electron chi connectivity index (χ3n) is 6.68. The molecule has 0 radical (unpaired) electrons. The minimum Gasteiger partial charge on any atom is -0.334 e. The number of hydrogen-bond acceptors (Lipinski definition) is 3. The lowest BCUT2D eigenvalue weighted by atomic mass is 9.97. The van der Waals surface area contributed by atoms with Gasteiger partial charge in [-0.2, -0.15) is 0 Å². The highest BCUT2D eigenvalue weighted by Crippen LogP contribution is 2.34. The summed E-state index contributed by atoms with van der Waals surface area (Å²) in [7, 11) is 0. The van der Waals surface area contributed by atoms with Crippen LogP contribution < -0.4 is 4.90 Å². The maximum atomic E-state index is 13.1. The highest BCUT2D eigenvalue weighted by atomic mass is 16.2. The molecule has 1 unspecified atom stereocenters. The van der Waals surface area contributed by atoms with Crippen LogP contribution in [0.4, 0.5) is 11.4 Å². The molecule has 35 heavy (non-hydrogen) atoms. The number of rotatable bonds is 4. The van der Waals surface area contributed by atoms with E-state index in [0.29, 0.717) is 11.1 Å². The van der Waals surface area contributed by atoms with Gasteiger partial charge < -0.3 is 4.90 Å². The SMILES string of the molecule is O=C1C(=CC2=CCC(N(c3ccccc3)c3ccccc3)C=C2)C(=O)c2cc3ccccc3cc21. The lowest BCUT2D eigenvalue weighted by Crippen LogP contribution is -2.30. The van der Waals surface area contributed by atoms with E-state index >= 15 is 0 Å². The van der Waals surface area contributed by atoms with Crippen LogP contribution in [0.15, 0.2) is 133 Å². The van der Waals surface area contributed by atoms with Gasteiger partial charge in [-0.15, -0.1) is 0 Å². The summed E-state index contributed by atoms with van der Waals surface area (Å²) in [5.41, 5.74) is 4.36. The van der Waals surface area contributed by atoms with E-state index in [0.717, 1.165) is 34.1 Å². The molecule has 0 fully saturated rings. The largest absolute Gasteiger partial charge is 0.334 e. The number of allylic oxidation sites excluding steroid dienone is 4. The van der Waals surface area contributed by atoms with Crippen LogP contribution in [0.1, 0.15) is 27.1 Å². The van der Waals surface area contributed by atoms with Gasteiger partial charge >= 0.3 is 0 Å². The fraction of sp³-hybridized carbons (Fsp3) is 0.0625. The van der Waals surface area contributed by atoms with Crippen LogP contribution in [-0.4, -0.2) is 17.6 Å². The zero-order valence-corrected chi connectivity index (χ0v) is 19.1. The fourth-order valence-corrected chi connectivity index (χ4v) is 4.94. The summed E-state index contributed by atoms with van der Waals surface area (Å²) in [4.78, 5) is 28.5. The van der Waals surface area contributed by atoms with Crippen LogP contribution in [0, 0.1) is 0 Å². The van der Waals surface area contributed by atoms with Gasteiger partial charge in [-0.25, -0.2) is 0 Å². The Labute approximate surface area is 204 Å². The van der Waals surface area contributed by atoms with Crippen molar-refractivity contribution in [1.29, 1.82) is 0 Å². The van der Waals surface area contributed by atoms with E-state index in [9.17, 15) is 9.59 Å². The van der Waals surface area contributed by atoms with Crippen molar-refractivity contribution < 1.29 is 9.59 Å². The van der Waals surface area contributed by atoms with Crippen molar-refractivity contribution in [1.82, 2.24) is 0 Å². The molecule has 0 aromatic heterocycles. The molecule has 2 aliphatic rings. The Bertz CT molecular complexity index is 1450. The maximum absolute atomic E-state index is 13.1. The van der Waals surface area contributed by atoms with Gasteiger partial charge in [0, 0.05) is 22.5 Å². The molecule has 0 bridgehead atoms. The van der Waals surface area contributed by atoms with Crippen LogP contribution in [0.5, 0.6) is 0 Å². The third-order valence-corrected chi connectivity index (χ3v) is 6.68. The minimum absolute atomic E-state index is 0.124. The average Bonchev–Trinajstić information content (AvgIpc) is 3.14. The molecule has 168 valence electrons. The predicted molar refractivity (Wildman–Crippen MR) is 141 cm³/mol. The second kappa shape index (κ2) is 8.69. The number of nitrogens with zero attached hydrogens (tertiary/aromatic N) is 1. The molecule has 0 amide bonds. The van der Waals surface area contributed by atoms with Gasteiger partial charge in [0.15, 0.2) is 11.6 Å². The van der Waals surface area contributed by atoms with Crippen LogP contribution in [0.25, 0.3) is 10.8 Å². The Morgan fingerprint density at radius 1 is 0.686 bits per heavy atom. The van der Waals surface area contributed by atoms with E-state index in [-0.39, 0.29) is 23.2 Å². The Hall–Kier alpha value is -4.50. The lowest BCUT2D eigenvalue weighted by Gasteiger charge is -2.33. The molecule has 3 heteroatoms. The average molecular weight is 454 g/mol. The van der Waals surface area contributed by atoms with Crippen molar-refractivity contribution >= 4 is 33.7 Å². The number of carbonyl (C=O) groups is 2. The molecule has 1 atom stereocenters. The Morgan fingerprint density at radius 2 is 1.20 bits per heavy atom. The number of carbonyl (C=O) groups excluding carboxylic acids is 2. The predicted octanol–water partition coefficient (Wildman–Crippen LogP) is 7.24. The number of fused-ring (bicyclic) bond motifs is 2. The molecular weight excluding hydrogens is 430 g/mol. The minimum atomic E-state index is -0.192. The number of benzene rings is 4. The Balaban J connectivity index is 1.29. The molecule has 4 aromatic carbocycles.